The minimum absolute atomic E-state index is 0.00185. The summed E-state index contributed by atoms with van der Waals surface area (Å²) in [7, 11) is 1.74. The van der Waals surface area contributed by atoms with Gasteiger partial charge in [0, 0.05) is 26.2 Å². The van der Waals surface area contributed by atoms with Gasteiger partial charge in [-0.1, -0.05) is 0 Å². The highest BCUT2D eigenvalue weighted by Gasteiger charge is 2.20. The van der Waals surface area contributed by atoms with E-state index in [4.69, 9.17) is 5.73 Å². The van der Waals surface area contributed by atoms with Crippen molar-refractivity contribution in [1.29, 1.82) is 0 Å². The highest BCUT2D eigenvalue weighted by Crippen LogP contribution is 2.13. The van der Waals surface area contributed by atoms with Crippen LogP contribution in [0.3, 0.4) is 0 Å². The van der Waals surface area contributed by atoms with Crippen LogP contribution in [0.1, 0.15) is 29.8 Å². The number of amides is 1. The monoisotopic (exact) mass is 208 g/mol. The van der Waals surface area contributed by atoms with Gasteiger partial charge in [0.25, 0.3) is 5.91 Å². The molecule has 1 aromatic heterocycles. The molecule has 1 aromatic rings. The summed E-state index contributed by atoms with van der Waals surface area (Å²) in [5.74, 6) is 0.525. The van der Waals surface area contributed by atoms with Crippen molar-refractivity contribution in [3.05, 3.63) is 11.8 Å². The first kappa shape index (κ1) is 10.0. The van der Waals surface area contributed by atoms with Crippen LogP contribution in [0.2, 0.25) is 0 Å². The van der Waals surface area contributed by atoms with Crippen LogP contribution < -0.4 is 5.73 Å². The Morgan fingerprint density at radius 3 is 2.60 bits per heavy atom. The van der Waals surface area contributed by atoms with Crippen LogP contribution in [0.4, 0.5) is 5.82 Å². The van der Waals surface area contributed by atoms with Gasteiger partial charge in [-0.05, 0) is 19.3 Å². The number of hydrogen-bond donors (Lipinski definition) is 1. The van der Waals surface area contributed by atoms with E-state index in [1.54, 1.807) is 13.1 Å². The van der Waals surface area contributed by atoms with Crippen molar-refractivity contribution < 1.29 is 4.79 Å². The lowest BCUT2D eigenvalue weighted by molar-refractivity contribution is 0.0717. The van der Waals surface area contributed by atoms with Crippen molar-refractivity contribution in [1.82, 2.24) is 14.7 Å². The van der Waals surface area contributed by atoms with Crippen molar-refractivity contribution >= 4 is 11.7 Å². The third-order valence-corrected chi connectivity index (χ3v) is 2.78. The first-order valence-corrected chi connectivity index (χ1v) is 5.27. The van der Waals surface area contributed by atoms with Gasteiger partial charge in [-0.3, -0.25) is 9.48 Å². The normalized spacial score (nSPS) is 16.7. The van der Waals surface area contributed by atoms with Crippen LogP contribution in [0.15, 0.2) is 6.07 Å². The Hall–Kier alpha value is -1.52. The number of likely N-dealkylation sites (tertiary alicyclic amines) is 1. The smallest absolute Gasteiger partial charge is 0.274 e. The molecule has 0 bridgehead atoms. The second-order valence-corrected chi connectivity index (χ2v) is 3.93. The predicted molar refractivity (Wildman–Crippen MR) is 57.4 cm³/mol. The summed E-state index contributed by atoms with van der Waals surface area (Å²) in [5, 5.41) is 4.09. The molecule has 5 heteroatoms. The zero-order valence-corrected chi connectivity index (χ0v) is 8.94. The van der Waals surface area contributed by atoms with Crippen molar-refractivity contribution in [3.63, 3.8) is 0 Å². The highest BCUT2D eigenvalue weighted by molar-refractivity contribution is 5.93. The minimum atomic E-state index is 0.00185. The summed E-state index contributed by atoms with van der Waals surface area (Å²) in [4.78, 5) is 13.8. The molecule has 0 radical (unpaired) electrons. The van der Waals surface area contributed by atoms with E-state index >= 15 is 0 Å². The molecule has 0 aliphatic carbocycles. The Bertz CT molecular complexity index is 346. The molecule has 1 saturated heterocycles. The molecule has 0 atom stereocenters. The van der Waals surface area contributed by atoms with Crippen LogP contribution in [0.5, 0.6) is 0 Å². The molecule has 5 nitrogen and oxygen atoms in total. The fraction of sp³-hybridized carbons (Fsp3) is 0.600. The van der Waals surface area contributed by atoms with Gasteiger partial charge >= 0.3 is 0 Å². The number of aromatic nitrogens is 2. The molecule has 0 saturated carbocycles. The zero-order chi connectivity index (χ0) is 10.8. The second-order valence-electron chi connectivity index (χ2n) is 3.93. The molecule has 0 aromatic carbocycles. The van der Waals surface area contributed by atoms with E-state index in [9.17, 15) is 4.79 Å². The van der Waals surface area contributed by atoms with Crippen molar-refractivity contribution in [2.45, 2.75) is 19.3 Å². The molecule has 1 fully saturated rings. The number of nitrogens with two attached hydrogens (primary N) is 1. The van der Waals surface area contributed by atoms with Crippen LogP contribution >= 0.6 is 0 Å². The third-order valence-electron chi connectivity index (χ3n) is 2.78. The average molecular weight is 208 g/mol. The summed E-state index contributed by atoms with van der Waals surface area (Å²) in [6, 6.07) is 1.64. The predicted octanol–water partition coefficient (Wildman–Crippen LogP) is 0.628. The number of carbonyl (C=O) groups is 1. The van der Waals surface area contributed by atoms with Crippen molar-refractivity contribution in [3.8, 4) is 0 Å². The molecule has 0 unspecified atom stereocenters. The topological polar surface area (TPSA) is 64.2 Å². The Morgan fingerprint density at radius 1 is 1.40 bits per heavy atom. The van der Waals surface area contributed by atoms with Gasteiger partial charge in [-0.2, -0.15) is 5.10 Å². The number of hydrogen-bond acceptors (Lipinski definition) is 3. The molecular formula is C10H16N4O. The fourth-order valence-electron chi connectivity index (χ4n) is 1.85. The summed E-state index contributed by atoms with van der Waals surface area (Å²) < 4.78 is 1.52. The van der Waals surface area contributed by atoms with Crippen molar-refractivity contribution in [2.24, 2.45) is 7.05 Å². The molecule has 2 N–H and O–H groups in total. The van der Waals surface area contributed by atoms with Crippen LogP contribution in [0.25, 0.3) is 0 Å². The van der Waals surface area contributed by atoms with Crippen LogP contribution in [0, 0.1) is 0 Å². The van der Waals surface area contributed by atoms with Gasteiger partial charge in [-0.25, -0.2) is 0 Å². The number of nitrogen functional groups attached to an aromatic ring is 1. The number of piperidine rings is 1. The summed E-state index contributed by atoms with van der Waals surface area (Å²) in [6.45, 7) is 1.69. The maximum atomic E-state index is 12.0. The van der Waals surface area contributed by atoms with E-state index in [0.717, 1.165) is 25.9 Å². The number of nitrogens with zero attached hydrogens (tertiary/aromatic N) is 3. The van der Waals surface area contributed by atoms with E-state index < -0.39 is 0 Å². The Labute approximate surface area is 88.8 Å². The largest absolute Gasteiger partial charge is 0.384 e. The van der Waals surface area contributed by atoms with Gasteiger partial charge in [-0.15, -0.1) is 0 Å². The second kappa shape index (κ2) is 3.92. The number of anilines is 1. The molecule has 15 heavy (non-hydrogen) atoms. The Kier molecular flexibility index (Phi) is 2.62. The van der Waals surface area contributed by atoms with Crippen LogP contribution in [-0.2, 0) is 7.05 Å². The quantitative estimate of drug-likeness (QED) is 0.736. The van der Waals surface area contributed by atoms with E-state index in [1.165, 1.54) is 11.1 Å². The maximum absolute atomic E-state index is 12.0. The van der Waals surface area contributed by atoms with E-state index in [1.807, 2.05) is 4.90 Å². The molecule has 2 rings (SSSR count). The lowest BCUT2D eigenvalue weighted by Crippen LogP contribution is -2.35. The van der Waals surface area contributed by atoms with Gasteiger partial charge in [0.15, 0.2) is 5.69 Å². The van der Waals surface area contributed by atoms with E-state index in [-0.39, 0.29) is 5.91 Å². The SMILES string of the molecule is Cn1nc(C(=O)N2CCCCC2)cc1N. The maximum Gasteiger partial charge on any atom is 0.274 e. The highest BCUT2D eigenvalue weighted by atomic mass is 16.2. The molecular weight excluding hydrogens is 192 g/mol. The van der Waals surface area contributed by atoms with Gasteiger partial charge in [0.1, 0.15) is 5.82 Å². The summed E-state index contributed by atoms with van der Waals surface area (Å²) in [6.07, 6.45) is 3.40. The zero-order valence-electron chi connectivity index (χ0n) is 8.94. The molecule has 1 aliphatic heterocycles. The third kappa shape index (κ3) is 1.95. The molecule has 2 heterocycles. The average Bonchev–Trinajstić information content (AvgIpc) is 2.59. The van der Waals surface area contributed by atoms with E-state index in [0.29, 0.717) is 11.5 Å². The molecule has 82 valence electrons. The van der Waals surface area contributed by atoms with Crippen LogP contribution in [-0.4, -0.2) is 33.7 Å². The summed E-state index contributed by atoms with van der Waals surface area (Å²) >= 11 is 0. The van der Waals surface area contributed by atoms with E-state index in [2.05, 4.69) is 5.10 Å². The first-order chi connectivity index (χ1) is 7.18. The standard InChI is InChI=1S/C10H16N4O/c1-13-9(11)7-8(12-13)10(15)14-5-3-2-4-6-14/h7H,2-6,11H2,1H3. The number of carbonyl (C=O) groups excluding carboxylic acids is 1. The molecule has 0 spiro atoms. The molecule has 1 aliphatic rings. The Balaban J connectivity index is 2.12. The summed E-state index contributed by atoms with van der Waals surface area (Å²) in [5.41, 5.74) is 6.09. The van der Waals surface area contributed by atoms with Gasteiger partial charge in [0.2, 0.25) is 0 Å². The lowest BCUT2D eigenvalue weighted by atomic mass is 10.1. The fourth-order valence-corrected chi connectivity index (χ4v) is 1.85. The van der Waals surface area contributed by atoms with Gasteiger partial charge < -0.3 is 10.6 Å². The van der Waals surface area contributed by atoms with Crippen molar-refractivity contribution in [2.75, 3.05) is 18.8 Å². The lowest BCUT2D eigenvalue weighted by Gasteiger charge is -2.25. The number of rotatable bonds is 1. The molecule has 1 amide bonds. The first-order valence-electron chi connectivity index (χ1n) is 5.27. The Morgan fingerprint density at radius 2 is 2.07 bits per heavy atom. The minimum Gasteiger partial charge on any atom is -0.384 e. The van der Waals surface area contributed by atoms with Gasteiger partial charge in [0.05, 0.1) is 0 Å². The number of aryl methyl sites for hydroxylation is 1.